The van der Waals surface area contributed by atoms with Gasteiger partial charge in [0, 0.05) is 31.5 Å². The Labute approximate surface area is 115 Å². The van der Waals surface area contributed by atoms with E-state index in [4.69, 9.17) is 5.73 Å². The average molecular weight is 273 g/mol. The number of rotatable bonds is 2. The van der Waals surface area contributed by atoms with Crippen molar-refractivity contribution >= 4 is 11.5 Å². The van der Waals surface area contributed by atoms with Crippen LogP contribution in [0.3, 0.4) is 0 Å². The maximum Gasteiger partial charge on any atom is 0.330 e. The molecule has 0 radical (unpaired) electrons. The molecule has 2 rings (SSSR count). The molecule has 1 heterocycles. The van der Waals surface area contributed by atoms with Crippen molar-refractivity contribution in [1.82, 2.24) is 9.13 Å². The predicted molar refractivity (Wildman–Crippen MR) is 75.9 cm³/mol. The Bertz CT molecular complexity index is 815. The van der Waals surface area contributed by atoms with E-state index in [1.54, 1.807) is 12.1 Å². The fourth-order valence-corrected chi connectivity index (χ4v) is 1.90. The Morgan fingerprint density at radius 3 is 2.45 bits per heavy atom. The molecule has 20 heavy (non-hydrogen) atoms. The van der Waals surface area contributed by atoms with E-state index in [0.717, 1.165) is 10.1 Å². The second-order valence-electron chi connectivity index (χ2n) is 4.70. The number of benzene rings is 1. The quantitative estimate of drug-likeness (QED) is 0.625. The first kappa shape index (κ1) is 13.8. The summed E-state index contributed by atoms with van der Waals surface area (Å²) < 4.78 is 2.11. The largest absolute Gasteiger partial charge is 0.398 e. The average Bonchev–Trinajstić information content (AvgIpc) is 2.43. The Morgan fingerprint density at radius 2 is 1.85 bits per heavy atom. The smallest absolute Gasteiger partial charge is 0.330 e. The summed E-state index contributed by atoms with van der Waals surface area (Å²) in [5, 5.41) is 0. The fraction of sp³-hybridized carbons (Fsp3) is 0.214. The number of nitrogens with two attached hydrogens (primary N) is 1. The van der Waals surface area contributed by atoms with Gasteiger partial charge in [-0.1, -0.05) is 12.1 Å². The SMILES string of the molecule is Cc1ccc(C(=O)c2cn(C)c(=O)n(C)c2=O)cc1N. The highest BCUT2D eigenvalue weighted by molar-refractivity contribution is 6.09. The normalized spacial score (nSPS) is 10.6. The van der Waals surface area contributed by atoms with Crippen molar-refractivity contribution in [3.05, 3.63) is 61.9 Å². The summed E-state index contributed by atoms with van der Waals surface area (Å²) in [4.78, 5) is 36.0. The Hall–Kier alpha value is -2.63. The van der Waals surface area contributed by atoms with Crippen molar-refractivity contribution in [2.24, 2.45) is 14.1 Å². The Kier molecular flexibility index (Phi) is 3.31. The van der Waals surface area contributed by atoms with Gasteiger partial charge in [-0.3, -0.25) is 14.2 Å². The molecule has 0 aliphatic rings. The molecule has 0 saturated carbocycles. The van der Waals surface area contributed by atoms with Crippen LogP contribution in [0.2, 0.25) is 0 Å². The third-order valence-electron chi connectivity index (χ3n) is 3.23. The van der Waals surface area contributed by atoms with E-state index in [0.29, 0.717) is 11.3 Å². The molecule has 2 N–H and O–H groups in total. The zero-order valence-corrected chi connectivity index (χ0v) is 11.5. The number of carbonyl (C=O) groups is 1. The van der Waals surface area contributed by atoms with Crippen LogP contribution < -0.4 is 17.0 Å². The number of nitrogens with zero attached hydrogens (tertiary/aromatic N) is 2. The maximum atomic E-state index is 12.4. The van der Waals surface area contributed by atoms with E-state index in [1.807, 2.05) is 6.92 Å². The number of ketones is 1. The molecular weight excluding hydrogens is 258 g/mol. The standard InChI is InChI=1S/C14H15N3O3/c1-8-4-5-9(6-11(8)15)12(18)10-7-16(2)14(20)17(3)13(10)19/h4-7H,15H2,1-3H3. The topological polar surface area (TPSA) is 87.1 Å². The van der Waals surface area contributed by atoms with Crippen molar-refractivity contribution < 1.29 is 4.79 Å². The minimum atomic E-state index is -0.614. The van der Waals surface area contributed by atoms with Gasteiger partial charge in [-0.05, 0) is 18.6 Å². The summed E-state index contributed by atoms with van der Waals surface area (Å²) in [7, 11) is 2.83. The molecule has 1 aromatic carbocycles. The van der Waals surface area contributed by atoms with Gasteiger partial charge in [-0.2, -0.15) is 0 Å². The zero-order chi connectivity index (χ0) is 15.0. The lowest BCUT2D eigenvalue weighted by atomic mass is 10.0. The lowest BCUT2D eigenvalue weighted by molar-refractivity contribution is 0.103. The van der Waals surface area contributed by atoms with E-state index >= 15 is 0 Å². The van der Waals surface area contributed by atoms with E-state index in [2.05, 4.69) is 0 Å². The highest BCUT2D eigenvalue weighted by Crippen LogP contribution is 2.15. The molecule has 0 fully saturated rings. The third kappa shape index (κ3) is 2.16. The lowest BCUT2D eigenvalue weighted by Gasteiger charge is -2.07. The number of carbonyl (C=O) groups excluding carboxylic acids is 1. The van der Waals surface area contributed by atoms with Gasteiger partial charge < -0.3 is 10.3 Å². The number of hydrogen-bond donors (Lipinski definition) is 1. The number of hydrogen-bond acceptors (Lipinski definition) is 4. The molecule has 6 heteroatoms. The van der Waals surface area contributed by atoms with Crippen LogP contribution in [0, 0.1) is 6.92 Å². The van der Waals surface area contributed by atoms with E-state index in [-0.39, 0.29) is 5.56 Å². The van der Waals surface area contributed by atoms with Gasteiger partial charge in [0.15, 0.2) is 5.78 Å². The van der Waals surface area contributed by atoms with Gasteiger partial charge in [0.05, 0.1) is 0 Å². The minimum absolute atomic E-state index is 0.0575. The summed E-state index contributed by atoms with van der Waals surface area (Å²) in [6.07, 6.45) is 1.25. The molecule has 1 aromatic heterocycles. The summed E-state index contributed by atoms with van der Waals surface area (Å²) in [5.74, 6) is -0.451. The van der Waals surface area contributed by atoms with Gasteiger partial charge in [-0.15, -0.1) is 0 Å². The Balaban J connectivity index is 2.62. The molecule has 6 nitrogen and oxygen atoms in total. The van der Waals surface area contributed by atoms with Crippen LogP contribution in [-0.2, 0) is 14.1 Å². The first-order valence-corrected chi connectivity index (χ1v) is 6.00. The van der Waals surface area contributed by atoms with E-state index in [1.165, 1.54) is 30.9 Å². The van der Waals surface area contributed by atoms with Crippen molar-refractivity contribution in [1.29, 1.82) is 0 Å². The predicted octanol–water partition coefficient (Wildman–Crippen LogP) is 0.206. The van der Waals surface area contributed by atoms with Crippen LogP contribution in [0.5, 0.6) is 0 Å². The van der Waals surface area contributed by atoms with Crippen LogP contribution in [-0.4, -0.2) is 14.9 Å². The summed E-state index contributed by atoms with van der Waals surface area (Å²) in [6, 6.07) is 4.86. The molecule has 0 unspecified atom stereocenters. The number of nitrogen functional groups attached to an aromatic ring is 1. The summed E-state index contributed by atoms with van der Waals surface area (Å²) in [5.41, 5.74) is 6.28. The molecule has 0 aliphatic carbocycles. The monoisotopic (exact) mass is 273 g/mol. The number of anilines is 1. The summed E-state index contributed by atoms with van der Waals surface area (Å²) in [6.45, 7) is 1.83. The third-order valence-corrected chi connectivity index (χ3v) is 3.23. The number of aromatic nitrogens is 2. The molecule has 0 amide bonds. The highest BCUT2D eigenvalue weighted by atomic mass is 16.2. The molecule has 0 atom stereocenters. The van der Waals surface area contributed by atoms with Crippen LogP contribution in [0.1, 0.15) is 21.5 Å². The van der Waals surface area contributed by atoms with E-state index in [9.17, 15) is 14.4 Å². The molecule has 0 bridgehead atoms. The van der Waals surface area contributed by atoms with Gasteiger partial charge in [0.1, 0.15) is 5.56 Å². The summed E-state index contributed by atoms with van der Waals surface area (Å²) >= 11 is 0. The first-order valence-electron chi connectivity index (χ1n) is 6.00. The minimum Gasteiger partial charge on any atom is -0.398 e. The van der Waals surface area contributed by atoms with E-state index < -0.39 is 17.0 Å². The molecule has 104 valence electrons. The maximum absolute atomic E-state index is 12.4. The molecular formula is C14H15N3O3. The first-order chi connectivity index (χ1) is 9.32. The molecule has 2 aromatic rings. The lowest BCUT2D eigenvalue weighted by Crippen LogP contribution is -2.39. The van der Waals surface area contributed by atoms with Crippen molar-refractivity contribution in [3.8, 4) is 0 Å². The fourth-order valence-electron chi connectivity index (χ4n) is 1.90. The van der Waals surface area contributed by atoms with Gasteiger partial charge in [-0.25, -0.2) is 4.79 Å². The molecule has 0 aliphatic heterocycles. The van der Waals surface area contributed by atoms with Gasteiger partial charge in [0.25, 0.3) is 5.56 Å². The molecule has 0 saturated heterocycles. The van der Waals surface area contributed by atoms with Crippen molar-refractivity contribution in [2.45, 2.75) is 6.92 Å². The van der Waals surface area contributed by atoms with Crippen molar-refractivity contribution in [3.63, 3.8) is 0 Å². The zero-order valence-electron chi connectivity index (χ0n) is 11.5. The van der Waals surface area contributed by atoms with Crippen LogP contribution in [0.25, 0.3) is 0 Å². The van der Waals surface area contributed by atoms with Crippen molar-refractivity contribution in [2.75, 3.05) is 5.73 Å². The van der Waals surface area contributed by atoms with Gasteiger partial charge in [0.2, 0.25) is 0 Å². The second-order valence-corrected chi connectivity index (χ2v) is 4.70. The highest BCUT2D eigenvalue weighted by Gasteiger charge is 2.17. The number of aryl methyl sites for hydroxylation is 2. The Morgan fingerprint density at radius 1 is 1.20 bits per heavy atom. The van der Waals surface area contributed by atoms with Crippen LogP contribution in [0.4, 0.5) is 5.69 Å². The second kappa shape index (κ2) is 4.80. The van der Waals surface area contributed by atoms with Crippen LogP contribution >= 0.6 is 0 Å². The molecule has 0 spiro atoms. The van der Waals surface area contributed by atoms with Crippen LogP contribution in [0.15, 0.2) is 34.0 Å². The van der Waals surface area contributed by atoms with Gasteiger partial charge >= 0.3 is 5.69 Å².